The van der Waals surface area contributed by atoms with Crippen LogP contribution in [0.15, 0.2) is 36.5 Å². The number of benzene rings is 1. The molecule has 1 aromatic heterocycles. The van der Waals surface area contributed by atoms with Gasteiger partial charge in [-0.25, -0.2) is 14.2 Å². The van der Waals surface area contributed by atoms with Crippen LogP contribution >= 0.6 is 0 Å². The number of nitrogen functional groups attached to an aromatic ring is 1. The van der Waals surface area contributed by atoms with Crippen LogP contribution in [0.2, 0.25) is 0 Å². The molecule has 1 heterocycles. The lowest BCUT2D eigenvalue weighted by Crippen LogP contribution is -2.20. The molecule has 0 aliphatic heterocycles. The molecule has 2 amide bonds. The Balaban J connectivity index is 2.05. The highest BCUT2D eigenvalue weighted by Gasteiger charge is 2.07. The van der Waals surface area contributed by atoms with E-state index >= 15 is 0 Å². The smallest absolute Gasteiger partial charge is 0.324 e. The number of hydrogen-bond acceptors (Lipinski definition) is 3. The first kappa shape index (κ1) is 12.8. The number of nitrogens with one attached hydrogen (secondary N) is 2. The Bertz CT molecular complexity index is 615. The Labute approximate surface area is 109 Å². The number of nitrogens with two attached hydrogens (primary N) is 1. The molecule has 0 fully saturated rings. The normalized spacial score (nSPS) is 10.0. The molecule has 0 spiro atoms. The number of aryl methyl sites for hydroxylation is 1. The van der Waals surface area contributed by atoms with E-state index in [-0.39, 0.29) is 5.69 Å². The Morgan fingerprint density at radius 1 is 1.32 bits per heavy atom. The van der Waals surface area contributed by atoms with Gasteiger partial charge >= 0.3 is 6.03 Å². The van der Waals surface area contributed by atoms with Gasteiger partial charge in [-0.15, -0.1) is 0 Å². The maximum absolute atomic E-state index is 13.3. The second kappa shape index (κ2) is 5.34. The van der Waals surface area contributed by atoms with Gasteiger partial charge in [0.15, 0.2) is 0 Å². The van der Waals surface area contributed by atoms with Crippen molar-refractivity contribution >= 4 is 23.2 Å². The number of carbonyl (C=O) groups is 1. The van der Waals surface area contributed by atoms with E-state index in [1.807, 2.05) is 0 Å². The molecular weight excluding hydrogens is 247 g/mol. The monoisotopic (exact) mass is 260 g/mol. The first-order valence-electron chi connectivity index (χ1n) is 5.61. The summed E-state index contributed by atoms with van der Waals surface area (Å²) in [6.45, 7) is 1.80. The molecule has 98 valence electrons. The van der Waals surface area contributed by atoms with Crippen molar-refractivity contribution in [2.75, 3.05) is 16.4 Å². The van der Waals surface area contributed by atoms with Crippen molar-refractivity contribution in [3.05, 3.63) is 47.9 Å². The van der Waals surface area contributed by atoms with Gasteiger partial charge in [0.25, 0.3) is 0 Å². The fourth-order valence-corrected chi connectivity index (χ4v) is 1.47. The van der Waals surface area contributed by atoms with Gasteiger partial charge in [0.1, 0.15) is 11.6 Å². The molecular formula is C13H13FN4O. The van der Waals surface area contributed by atoms with Crippen LogP contribution in [-0.4, -0.2) is 11.0 Å². The minimum Gasteiger partial charge on any atom is -0.397 e. The summed E-state index contributed by atoms with van der Waals surface area (Å²) in [7, 11) is 0. The second-order valence-corrected chi connectivity index (χ2v) is 3.99. The quantitative estimate of drug-likeness (QED) is 0.776. The van der Waals surface area contributed by atoms with E-state index in [1.54, 1.807) is 25.1 Å². The number of rotatable bonds is 2. The van der Waals surface area contributed by atoms with Gasteiger partial charge in [0.05, 0.1) is 17.6 Å². The maximum atomic E-state index is 13.3. The van der Waals surface area contributed by atoms with Crippen LogP contribution in [0.1, 0.15) is 5.56 Å². The zero-order chi connectivity index (χ0) is 13.8. The summed E-state index contributed by atoms with van der Waals surface area (Å²) in [5, 5.41) is 4.90. The number of pyridine rings is 1. The zero-order valence-electron chi connectivity index (χ0n) is 10.3. The summed E-state index contributed by atoms with van der Waals surface area (Å²) in [4.78, 5) is 15.6. The number of urea groups is 1. The van der Waals surface area contributed by atoms with Crippen molar-refractivity contribution in [3.8, 4) is 0 Å². The fourth-order valence-electron chi connectivity index (χ4n) is 1.47. The SMILES string of the molecule is Cc1cc(NC(=O)Nc2ccccc2F)ncc1N. The fraction of sp³-hybridized carbons (Fsp3) is 0.0769. The summed E-state index contributed by atoms with van der Waals surface area (Å²) in [5.41, 5.74) is 7.07. The number of para-hydroxylation sites is 1. The summed E-state index contributed by atoms with van der Waals surface area (Å²) < 4.78 is 13.3. The molecule has 0 saturated carbocycles. The van der Waals surface area contributed by atoms with Crippen LogP contribution in [0.25, 0.3) is 0 Å². The molecule has 6 heteroatoms. The van der Waals surface area contributed by atoms with E-state index in [0.29, 0.717) is 11.5 Å². The summed E-state index contributed by atoms with van der Waals surface area (Å²) >= 11 is 0. The topological polar surface area (TPSA) is 80.0 Å². The van der Waals surface area contributed by atoms with Crippen LogP contribution in [-0.2, 0) is 0 Å². The van der Waals surface area contributed by atoms with E-state index in [1.165, 1.54) is 18.3 Å². The molecule has 2 rings (SSSR count). The van der Waals surface area contributed by atoms with Crippen LogP contribution < -0.4 is 16.4 Å². The first-order valence-corrected chi connectivity index (χ1v) is 5.61. The first-order chi connectivity index (χ1) is 9.06. The number of carbonyl (C=O) groups excluding carboxylic acids is 1. The predicted octanol–water partition coefficient (Wildman–Crippen LogP) is 2.76. The second-order valence-electron chi connectivity index (χ2n) is 3.99. The van der Waals surface area contributed by atoms with E-state index < -0.39 is 11.8 Å². The molecule has 0 aliphatic rings. The van der Waals surface area contributed by atoms with Gasteiger partial charge in [-0.1, -0.05) is 12.1 Å². The van der Waals surface area contributed by atoms with Crippen molar-refractivity contribution in [1.29, 1.82) is 0 Å². The maximum Gasteiger partial charge on any atom is 0.324 e. The summed E-state index contributed by atoms with van der Waals surface area (Å²) in [6, 6.07) is 6.98. The molecule has 4 N–H and O–H groups in total. The van der Waals surface area contributed by atoms with Gasteiger partial charge in [0, 0.05) is 0 Å². The molecule has 2 aromatic rings. The lowest BCUT2D eigenvalue weighted by Gasteiger charge is -2.08. The summed E-state index contributed by atoms with van der Waals surface area (Å²) in [5.74, 6) is -0.153. The molecule has 0 bridgehead atoms. The van der Waals surface area contributed by atoms with Crippen molar-refractivity contribution in [3.63, 3.8) is 0 Å². The third kappa shape index (κ3) is 3.19. The molecule has 1 aromatic carbocycles. The Morgan fingerprint density at radius 2 is 2.05 bits per heavy atom. The minimum atomic E-state index is -0.568. The van der Waals surface area contributed by atoms with Gasteiger partial charge in [-0.05, 0) is 30.7 Å². The van der Waals surface area contributed by atoms with E-state index in [0.717, 1.165) is 5.56 Å². The lowest BCUT2D eigenvalue weighted by molar-refractivity contribution is 0.262. The van der Waals surface area contributed by atoms with Crippen LogP contribution in [0.4, 0.5) is 26.4 Å². The summed E-state index contributed by atoms with van der Waals surface area (Å²) in [6.07, 6.45) is 1.45. The molecule has 0 radical (unpaired) electrons. The number of anilines is 3. The molecule has 0 saturated heterocycles. The highest BCUT2D eigenvalue weighted by Crippen LogP contribution is 2.15. The molecule has 0 aliphatic carbocycles. The van der Waals surface area contributed by atoms with Crippen molar-refractivity contribution in [2.45, 2.75) is 6.92 Å². The van der Waals surface area contributed by atoms with Crippen molar-refractivity contribution in [2.24, 2.45) is 0 Å². The van der Waals surface area contributed by atoms with Crippen molar-refractivity contribution < 1.29 is 9.18 Å². The van der Waals surface area contributed by atoms with E-state index in [2.05, 4.69) is 15.6 Å². The van der Waals surface area contributed by atoms with E-state index in [4.69, 9.17) is 5.73 Å². The molecule has 0 unspecified atom stereocenters. The molecule has 0 atom stereocenters. The van der Waals surface area contributed by atoms with Crippen molar-refractivity contribution in [1.82, 2.24) is 4.98 Å². The Morgan fingerprint density at radius 3 is 2.74 bits per heavy atom. The highest BCUT2D eigenvalue weighted by molar-refractivity contribution is 5.99. The Kier molecular flexibility index (Phi) is 3.61. The minimum absolute atomic E-state index is 0.104. The van der Waals surface area contributed by atoms with Gasteiger partial charge in [-0.3, -0.25) is 5.32 Å². The van der Waals surface area contributed by atoms with Crippen LogP contribution in [0.5, 0.6) is 0 Å². The Hall–Kier alpha value is -2.63. The van der Waals surface area contributed by atoms with Crippen LogP contribution in [0.3, 0.4) is 0 Å². The van der Waals surface area contributed by atoms with Gasteiger partial charge in [0.2, 0.25) is 0 Å². The van der Waals surface area contributed by atoms with Gasteiger partial charge in [-0.2, -0.15) is 0 Å². The lowest BCUT2D eigenvalue weighted by atomic mass is 10.2. The number of nitrogens with zero attached hydrogens (tertiary/aromatic N) is 1. The average molecular weight is 260 g/mol. The third-order valence-electron chi connectivity index (χ3n) is 2.51. The largest absolute Gasteiger partial charge is 0.397 e. The number of hydrogen-bond donors (Lipinski definition) is 3. The number of aromatic nitrogens is 1. The number of amides is 2. The predicted molar refractivity (Wildman–Crippen MR) is 72.4 cm³/mol. The van der Waals surface area contributed by atoms with Gasteiger partial charge < -0.3 is 11.1 Å². The highest BCUT2D eigenvalue weighted by atomic mass is 19.1. The molecule has 19 heavy (non-hydrogen) atoms. The van der Waals surface area contributed by atoms with Crippen LogP contribution in [0, 0.1) is 12.7 Å². The third-order valence-corrected chi connectivity index (χ3v) is 2.51. The average Bonchev–Trinajstić information content (AvgIpc) is 2.37. The number of halogens is 1. The van der Waals surface area contributed by atoms with E-state index in [9.17, 15) is 9.18 Å². The standard InChI is InChI=1S/C13H13FN4O/c1-8-6-12(16-7-10(8)15)18-13(19)17-11-5-3-2-4-9(11)14/h2-7H,15H2,1H3,(H2,16,17,18,19). The molecule has 5 nitrogen and oxygen atoms in total. The zero-order valence-corrected chi connectivity index (χ0v) is 10.3.